The summed E-state index contributed by atoms with van der Waals surface area (Å²) in [5.74, 6) is 0.194. The maximum Gasteiger partial charge on any atom is 0.159 e. The maximum absolute atomic E-state index is 13.0. The molecule has 7 heteroatoms. The van der Waals surface area contributed by atoms with Crippen LogP contribution in [0, 0.1) is 5.82 Å². The van der Waals surface area contributed by atoms with Crippen molar-refractivity contribution in [2.75, 3.05) is 0 Å². The highest BCUT2D eigenvalue weighted by atomic mass is 19.1. The highest BCUT2D eigenvalue weighted by molar-refractivity contribution is 5.63. The van der Waals surface area contributed by atoms with Crippen LogP contribution < -0.4 is 5.73 Å². The van der Waals surface area contributed by atoms with Crippen molar-refractivity contribution in [3.05, 3.63) is 48.0 Å². The summed E-state index contributed by atoms with van der Waals surface area (Å²) in [6.07, 6.45) is 3.42. The molecule has 0 atom stereocenters. The van der Waals surface area contributed by atoms with Crippen molar-refractivity contribution in [2.24, 2.45) is 12.8 Å². The number of rotatable bonds is 3. The van der Waals surface area contributed by atoms with Gasteiger partial charge in [-0.2, -0.15) is 0 Å². The van der Waals surface area contributed by atoms with E-state index >= 15 is 0 Å². The fraction of sp³-hybridized carbons (Fsp3) is 0.143. The number of halogens is 1. The van der Waals surface area contributed by atoms with Crippen molar-refractivity contribution in [2.45, 2.75) is 6.54 Å². The molecule has 0 bridgehead atoms. The summed E-state index contributed by atoms with van der Waals surface area (Å²) in [7, 11) is 1.78. The van der Waals surface area contributed by atoms with Crippen LogP contribution in [0.1, 0.15) is 5.56 Å². The predicted octanol–water partition coefficient (Wildman–Crippen LogP) is 1.54. The molecule has 106 valence electrons. The minimum absolute atomic E-state index is 0.300. The third-order valence-corrected chi connectivity index (χ3v) is 3.03. The maximum atomic E-state index is 13.0. The van der Waals surface area contributed by atoms with Crippen LogP contribution in [0.4, 0.5) is 4.39 Å². The summed E-state index contributed by atoms with van der Waals surface area (Å²) < 4.78 is 14.6. The number of nitrogens with two attached hydrogens (primary N) is 1. The van der Waals surface area contributed by atoms with Crippen molar-refractivity contribution in [1.29, 1.82) is 0 Å². The minimum Gasteiger partial charge on any atom is -0.326 e. The molecule has 0 unspecified atom stereocenters. The van der Waals surface area contributed by atoms with Crippen LogP contribution in [0.25, 0.3) is 22.8 Å². The van der Waals surface area contributed by atoms with Gasteiger partial charge in [-0.1, -0.05) is 5.21 Å². The average molecular weight is 284 g/mol. The monoisotopic (exact) mass is 284 g/mol. The number of aryl methyl sites for hydroxylation is 1. The fourth-order valence-electron chi connectivity index (χ4n) is 1.97. The normalized spacial score (nSPS) is 10.8. The van der Waals surface area contributed by atoms with Crippen LogP contribution in [0.5, 0.6) is 0 Å². The lowest BCUT2D eigenvalue weighted by Gasteiger charge is -2.06. The summed E-state index contributed by atoms with van der Waals surface area (Å²) in [6.45, 7) is 0.301. The van der Waals surface area contributed by atoms with Crippen LogP contribution in [-0.2, 0) is 13.6 Å². The molecule has 3 rings (SSSR count). The van der Waals surface area contributed by atoms with Gasteiger partial charge in [0.25, 0.3) is 0 Å². The Bertz CT molecular complexity index is 765. The van der Waals surface area contributed by atoms with E-state index in [1.165, 1.54) is 12.1 Å². The zero-order valence-corrected chi connectivity index (χ0v) is 11.4. The molecule has 1 aromatic carbocycles. The molecular weight excluding hydrogens is 271 g/mol. The van der Waals surface area contributed by atoms with E-state index in [-0.39, 0.29) is 5.82 Å². The van der Waals surface area contributed by atoms with Crippen molar-refractivity contribution >= 4 is 0 Å². The van der Waals surface area contributed by atoms with Gasteiger partial charge in [-0.25, -0.2) is 14.4 Å². The molecule has 0 aliphatic rings. The van der Waals surface area contributed by atoms with Gasteiger partial charge in [-0.3, -0.25) is 4.68 Å². The van der Waals surface area contributed by atoms with Gasteiger partial charge < -0.3 is 5.73 Å². The first kappa shape index (κ1) is 13.3. The summed E-state index contributed by atoms with van der Waals surface area (Å²) >= 11 is 0. The lowest BCUT2D eigenvalue weighted by atomic mass is 10.1. The predicted molar refractivity (Wildman–Crippen MR) is 75.3 cm³/mol. The lowest BCUT2D eigenvalue weighted by Crippen LogP contribution is -2.04. The van der Waals surface area contributed by atoms with E-state index < -0.39 is 0 Å². The number of benzene rings is 1. The zero-order valence-electron chi connectivity index (χ0n) is 11.4. The van der Waals surface area contributed by atoms with Crippen LogP contribution in [0.15, 0.2) is 36.7 Å². The van der Waals surface area contributed by atoms with Crippen LogP contribution in [-0.4, -0.2) is 25.0 Å². The lowest BCUT2D eigenvalue weighted by molar-refractivity contribution is 0.628. The van der Waals surface area contributed by atoms with Gasteiger partial charge in [0.05, 0.1) is 6.20 Å². The highest BCUT2D eigenvalue weighted by Gasteiger charge is 2.12. The molecule has 6 nitrogen and oxygen atoms in total. The van der Waals surface area contributed by atoms with Gasteiger partial charge in [0.15, 0.2) is 5.82 Å². The molecule has 21 heavy (non-hydrogen) atoms. The standard InChI is InChI=1S/C14H13FN6/c1-21-8-12(19-20-21)13-10(6-16)7-17-14(18-13)9-2-4-11(15)5-3-9/h2-5,7-8H,6,16H2,1H3. The number of hydrogen-bond donors (Lipinski definition) is 1. The van der Waals surface area contributed by atoms with E-state index in [0.717, 1.165) is 11.1 Å². The first-order chi connectivity index (χ1) is 10.2. The minimum atomic E-state index is -0.300. The van der Waals surface area contributed by atoms with Crippen LogP contribution >= 0.6 is 0 Å². The Morgan fingerprint density at radius 1 is 1.24 bits per heavy atom. The second-order valence-electron chi connectivity index (χ2n) is 4.56. The molecule has 2 heterocycles. The van der Waals surface area contributed by atoms with Crippen molar-refractivity contribution < 1.29 is 4.39 Å². The fourth-order valence-corrected chi connectivity index (χ4v) is 1.97. The molecule has 0 saturated heterocycles. The third-order valence-electron chi connectivity index (χ3n) is 3.03. The van der Waals surface area contributed by atoms with Gasteiger partial charge in [0.2, 0.25) is 0 Å². The molecule has 0 aliphatic carbocycles. The zero-order chi connectivity index (χ0) is 14.8. The molecular formula is C14H13FN6. The molecule has 0 saturated carbocycles. The molecule has 0 radical (unpaired) electrons. The molecule has 0 fully saturated rings. The summed E-state index contributed by atoms with van der Waals surface area (Å²) in [5.41, 5.74) is 8.49. The Balaban J connectivity index is 2.10. The smallest absolute Gasteiger partial charge is 0.159 e. The van der Waals surface area contributed by atoms with E-state index in [9.17, 15) is 4.39 Å². The largest absolute Gasteiger partial charge is 0.326 e. The molecule has 2 aromatic heterocycles. The molecule has 3 aromatic rings. The average Bonchev–Trinajstić information content (AvgIpc) is 2.94. The third kappa shape index (κ3) is 2.63. The Hall–Kier alpha value is -2.67. The molecule has 2 N–H and O–H groups in total. The number of nitrogens with zero attached hydrogens (tertiary/aromatic N) is 5. The van der Waals surface area contributed by atoms with Crippen molar-refractivity contribution in [1.82, 2.24) is 25.0 Å². The van der Waals surface area contributed by atoms with E-state index in [2.05, 4.69) is 20.3 Å². The number of aromatic nitrogens is 5. The molecule has 0 spiro atoms. The SMILES string of the molecule is Cn1cc(-c2nc(-c3ccc(F)cc3)ncc2CN)nn1. The molecule has 0 amide bonds. The Labute approximate surface area is 120 Å². The summed E-state index contributed by atoms with van der Waals surface area (Å²) in [5, 5.41) is 7.95. The second-order valence-corrected chi connectivity index (χ2v) is 4.56. The van der Waals surface area contributed by atoms with Crippen molar-refractivity contribution in [3.63, 3.8) is 0 Å². The van der Waals surface area contributed by atoms with E-state index in [1.807, 2.05) is 0 Å². The summed E-state index contributed by atoms with van der Waals surface area (Å²) in [6, 6.07) is 6.01. The van der Waals surface area contributed by atoms with Gasteiger partial charge in [-0.15, -0.1) is 5.10 Å². The van der Waals surface area contributed by atoms with E-state index in [0.29, 0.717) is 23.8 Å². The highest BCUT2D eigenvalue weighted by Crippen LogP contribution is 2.22. The molecule has 0 aliphatic heterocycles. The summed E-state index contributed by atoms with van der Waals surface area (Å²) in [4.78, 5) is 8.77. The van der Waals surface area contributed by atoms with Crippen LogP contribution in [0.2, 0.25) is 0 Å². The first-order valence-corrected chi connectivity index (χ1v) is 6.36. The Kier molecular flexibility index (Phi) is 3.41. The van der Waals surface area contributed by atoms with Gasteiger partial charge >= 0.3 is 0 Å². The van der Waals surface area contributed by atoms with Gasteiger partial charge in [0, 0.05) is 30.9 Å². The second kappa shape index (κ2) is 5.37. The van der Waals surface area contributed by atoms with Gasteiger partial charge in [0.1, 0.15) is 17.2 Å². The van der Waals surface area contributed by atoms with E-state index in [1.54, 1.807) is 36.3 Å². The quantitative estimate of drug-likeness (QED) is 0.788. The van der Waals surface area contributed by atoms with Crippen LogP contribution in [0.3, 0.4) is 0 Å². The topological polar surface area (TPSA) is 82.5 Å². The van der Waals surface area contributed by atoms with E-state index in [4.69, 9.17) is 5.73 Å². The first-order valence-electron chi connectivity index (χ1n) is 6.36. The van der Waals surface area contributed by atoms with Crippen molar-refractivity contribution in [3.8, 4) is 22.8 Å². The Morgan fingerprint density at radius 3 is 2.62 bits per heavy atom. The Morgan fingerprint density at radius 2 is 2.00 bits per heavy atom. The van der Waals surface area contributed by atoms with Gasteiger partial charge in [-0.05, 0) is 24.3 Å². The number of hydrogen-bond acceptors (Lipinski definition) is 5.